The van der Waals surface area contributed by atoms with E-state index in [1.165, 1.54) is 0 Å². The third-order valence-electron chi connectivity index (χ3n) is 2.45. The summed E-state index contributed by atoms with van der Waals surface area (Å²) in [5, 5.41) is 5.87. The number of nitrogens with zero attached hydrogens (tertiary/aromatic N) is 3. The van der Waals surface area contributed by atoms with Gasteiger partial charge in [0.15, 0.2) is 5.69 Å². The Hall–Kier alpha value is -2.38. The van der Waals surface area contributed by atoms with Crippen molar-refractivity contribution in [2.75, 3.05) is 0 Å². The summed E-state index contributed by atoms with van der Waals surface area (Å²) in [4.78, 5) is 15.5. The summed E-state index contributed by atoms with van der Waals surface area (Å²) in [6, 6.07) is 4.34. The van der Waals surface area contributed by atoms with E-state index in [9.17, 15) is 18.0 Å². The van der Waals surface area contributed by atoms with Crippen molar-refractivity contribution < 1.29 is 18.0 Å². The highest BCUT2D eigenvalue weighted by atomic mass is 19.4. The molecule has 20 heavy (non-hydrogen) atoms. The van der Waals surface area contributed by atoms with Gasteiger partial charge in [-0.1, -0.05) is 6.07 Å². The first-order valence-electron chi connectivity index (χ1n) is 5.71. The van der Waals surface area contributed by atoms with Crippen LogP contribution < -0.4 is 5.32 Å². The molecule has 1 amide bonds. The van der Waals surface area contributed by atoms with Crippen LogP contribution in [-0.2, 0) is 24.1 Å². The Morgan fingerprint density at radius 3 is 2.75 bits per heavy atom. The molecule has 0 atom stereocenters. The molecule has 0 bridgehead atoms. The van der Waals surface area contributed by atoms with Crippen molar-refractivity contribution in [3.63, 3.8) is 0 Å². The van der Waals surface area contributed by atoms with Crippen LogP contribution >= 0.6 is 0 Å². The molecule has 2 aromatic heterocycles. The van der Waals surface area contributed by atoms with Gasteiger partial charge in [0, 0.05) is 25.1 Å². The molecule has 2 aromatic rings. The molecule has 0 aliphatic rings. The first-order valence-corrected chi connectivity index (χ1v) is 5.71. The molecule has 2 heterocycles. The monoisotopic (exact) mass is 284 g/mol. The third-order valence-corrected chi connectivity index (χ3v) is 2.45. The number of alkyl halides is 3. The van der Waals surface area contributed by atoms with Crippen LogP contribution in [0.1, 0.15) is 11.3 Å². The summed E-state index contributed by atoms with van der Waals surface area (Å²) in [5.41, 5.74) is -0.213. The van der Waals surface area contributed by atoms with Crippen LogP contribution in [0.3, 0.4) is 0 Å². The highest BCUT2D eigenvalue weighted by Crippen LogP contribution is 2.27. The standard InChI is InChI=1S/C12H11F3N4O/c13-12(14,15)10-3-5-19(18-10)8-11(20)17-7-9-2-1-4-16-6-9/h1-6H,7-8H2,(H,17,20). The lowest BCUT2D eigenvalue weighted by atomic mass is 10.3. The molecule has 1 N–H and O–H groups in total. The summed E-state index contributed by atoms with van der Waals surface area (Å²) >= 11 is 0. The molecule has 2 rings (SSSR count). The zero-order valence-electron chi connectivity index (χ0n) is 10.3. The van der Waals surface area contributed by atoms with Gasteiger partial charge in [0.05, 0.1) is 0 Å². The van der Waals surface area contributed by atoms with Gasteiger partial charge >= 0.3 is 6.18 Å². The van der Waals surface area contributed by atoms with Crippen LogP contribution in [0.15, 0.2) is 36.8 Å². The Bertz CT molecular complexity index is 580. The normalized spacial score (nSPS) is 11.3. The van der Waals surface area contributed by atoms with Crippen LogP contribution in [0.4, 0.5) is 13.2 Å². The fourth-order valence-electron chi connectivity index (χ4n) is 1.51. The molecule has 0 aliphatic carbocycles. The molecule has 0 saturated carbocycles. The molecule has 0 spiro atoms. The van der Waals surface area contributed by atoms with Gasteiger partial charge in [-0.15, -0.1) is 0 Å². The van der Waals surface area contributed by atoms with Crippen LogP contribution in [-0.4, -0.2) is 20.7 Å². The van der Waals surface area contributed by atoms with Gasteiger partial charge in [0.2, 0.25) is 5.91 Å². The Morgan fingerprint density at radius 1 is 1.35 bits per heavy atom. The number of aromatic nitrogens is 3. The fourth-order valence-corrected chi connectivity index (χ4v) is 1.51. The number of amides is 1. The number of hydrogen-bond acceptors (Lipinski definition) is 3. The lowest BCUT2D eigenvalue weighted by molar-refractivity contribution is -0.141. The van der Waals surface area contributed by atoms with Crippen LogP contribution in [0.2, 0.25) is 0 Å². The molecular formula is C12H11F3N4O. The van der Waals surface area contributed by atoms with Gasteiger partial charge in [0.25, 0.3) is 0 Å². The highest BCUT2D eigenvalue weighted by molar-refractivity contribution is 5.75. The second-order valence-electron chi connectivity index (χ2n) is 4.03. The predicted octanol–water partition coefficient (Wildman–Crippen LogP) is 1.61. The van der Waals surface area contributed by atoms with Crippen molar-refractivity contribution in [1.29, 1.82) is 0 Å². The molecule has 8 heteroatoms. The molecule has 0 aromatic carbocycles. The number of hydrogen-bond donors (Lipinski definition) is 1. The first kappa shape index (κ1) is 14.0. The van der Waals surface area contributed by atoms with E-state index < -0.39 is 17.8 Å². The quantitative estimate of drug-likeness (QED) is 0.928. The van der Waals surface area contributed by atoms with Crippen LogP contribution in [0.5, 0.6) is 0 Å². The van der Waals surface area contributed by atoms with Crippen molar-refractivity contribution in [1.82, 2.24) is 20.1 Å². The van der Waals surface area contributed by atoms with Crippen molar-refractivity contribution >= 4 is 5.91 Å². The Kier molecular flexibility index (Phi) is 4.02. The Balaban J connectivity index is 1.87. The number of rotatable bonds is 4. The SMILES string of the molecule is O=C(Cn1ccc(C(F)(F)F)n1)NCc1cccnc1. The van der Waals surface area contributed by atoms with E-state index >= 15 is 0 Å². The molecule has 0 radical (unpaired) electrons. The van der Waals surface area contributed by atoms with Crippen molar-refractivity contribution in [3.8, 4) is 0 Å². The smallest absolute Gasteiger partial charge is 0.350 e. The zero-order chi connectivity index (χ0) is 14.6. The predicted molar refractivity (Wildman–Crippen MR) is 63.3 cm³/mol. The average molecular weight is 284 g/mol. The maximum atomic E-state index is 12.3. The molecule has 0 fully saturated rings. The van der Waals surface area contributed by atoms with Crippen LogP contribution in [0, 0.1) is 0 Å². The van der Waals surface area contributed by atoms with Gasteiger partial charge in [-0.3, -0.25) is 14.5 Å². The second kappa shape index (κ2) is 5.72. The van der Waals surface area contributed by atoms with Gasteiger partial charge in [-0.25, -0.2) is 0 Å². The summed E-state index contributed by atoms with van der Waals surface area (Å²) in [6.07, 6.45) is -0.187. The topological polar surface area (TPSA) is 59.8 Å². The van der Waals surface area contributed by atoms with Crippen molar-refractivity contribution in [2.45, 2.75) is 19.3 Å². The average Bonchev–Trinajstić information content (AvgIpc) is 2.86. The zero-order valence-corrected chi connectivity index (χ0v) is 10.3. The summed E-state index contributed by atoms with van der Waals surface area (Å²) in [5.74, 6) is -0.425. The Labute approximate surface area is 112 Å². The number of halogens is 3. The molecule has 5 nitrogen and oxygen atoms in total. The summed E-state index contributed by atoms with van der Waals surface area (Å²) in [6.45, 7) is -0.00356. The molecule has 0 aliphatic heterocycles. The minimum atomic E-state index is -4.50. The van der Waals surface area contributed by atoms with E-state index in [2.05, 4.69) is 15.4 Å². The van der Waals surface area contributed by atoms with E-state index in [4.69, 9.17) is 0 Å². The maximum Gasteiger partial charge on any atom is 0.435 e. The van der Waals surface area contributed by atoms with E-state index in [0.29, 0.717) is 0 Å². The molecule has 0 saturated heterocycles. The van der Waals surface area contributed by atoms with Crippen molar-refractivity contribution in [3.05, 3.63) is 48.0 Å². The highest BCUT2D eigenvalue weighted by Gasteiger charge is 2.33. The number of carbonyl (C=O) groups excluding carboxylic acids is 1. The third kappa shape index (κ3) is 3.81. The van der Waals surface area contributed by atoms with Crippen LogP contribution in [0.25, 0.3) is 0 Å². The number of nitrogens with one attached hydrogen (secondary N) is 1. The maximum absolute atomic E-state index is 12.3. The van der Waals surface area contributed by atoms with E-state index in [-0.39, 0.29) is 13.1 Å². The minimum absolute atomic E-state index is 0.264. The lowest BCUT2D eigenvalue weighted by Crippen LogP contribution is -2.27. The molecular weight excluding hydrogens is 273 g/mol. The van der Waals surface area contributed by atoms with E-state index in [1.54, 1.807) is 24.5 Å². The van der Waals surface area contributed by atoms with E-state index in [1.807, 2.05) is 0 Å². The van der Waals surface area contributed by atoms with Gasteiger partial charge in [-0.05, 0) is 17.7 Å². The lowest BCUT2D eigenvalue weighted by Gasteiger charge is -2.05. The van der Waals surface area contributed by atoms with Crippen molar-refractivity contribution in [2.24, 2.45) is 0 Å². The van der Waals surface area contributed by atoms with Gasteiger partial charge in [0.1, 0.15) is 6.54 Å². The fraction of sp³-hybridized carbons (Fsp3) is 0.250. The first-order chi connectivity index (χ1) is 9.45. The Morgan fingerprint density at radius 2 is 2.15 bits per heavy atom. The number of pyridine rings is 1. The molecule has 106 valence electrons. The summed E-state index contributed by atoms with van der Waals surface area (Å²) < 4.78 is 37.9. The van der Waals surface area contributed by atoms with Gasteiger partial charge in [-0.2, -0.15) is 18.3 Å². The molecule has 0 unspecified atom stereocenters. The van der Waals surface area contributed by atoms with Gasteiger partial charge < -0.3 is 5.32 Å². The number of carbonyl (C=O) groups is 1. The van der Waals surface area contributed by atoms with E-state index in [0.717, 1.165) is 22.5 Å². The second-order valence-corrected chi connectivity index (χ2v) is 4.03. The largest absolute Gasteiger partial charge is 0.435 e. The minimum Gasteiger partial charge on any atom is -0.350 e. The summed E-state index contributed by atoms with van der Waals surface area (Å²) in [7, 11) is 0.